The number of hydrogen-bond acceptors (Lipinski definition) is 7. The summed E-state index contributed by atoms with van der Waals surface area (Å²) >= 11 is 10.4. The van der Waals surface area contributed by atoms with E-state index in [-0.39, 0.29) is 11.7 Å². The number of carbonyl (C=O) groups is 1. The molecule has 120 valence electrons. The fourth-order valence-electron chi connectivity index (χ4n) is 1.51. The molecular weight excluding hydrogens is 372 g/mol. The maximum Gasteiger partial charge on any atom is 0.234 e. The summed E-state index contributed by atoms with van der Waals surface area (Å²) in [5.41, 5.74) is 0.945. The average molecular weight is 385 g/mol. The zero-order valence-corrected chi connectivity index (χ0v) is 15.4. The molecule has 0 radical (unpaired) electrons. The summed E-state index contributed by atoms with van der Waals surface area (Å²) < 4.78 is 1.70. The van der Waals surface area contributed by atoms with Gasteiger partial charge in [0.15, 0.2) is 8.68 Å². The molecule has 0 aliphatic rings. The van der Waals surface area contributed by atoms with E-state index in [1.807, 2.05) is 6.07 Å². The van der Waals surface area contributed by atoms with Crippen LogP contribution in [0.4, 0.5) is 5.69 Å². The fraction of sp³-hybridized carbons (Fsp3) is 0.286. The van der Waals surface area contributed by atoms with E-state index in [1.54, 1.807) is 30.0 Å². The first-order valence-corrected chi connectivity index (χ1v) is 9.87. The van der Waals surface area contributed by atoms with Crippen LogP contribution < -0.4 is 5.32 Å². The van der Waals surface area contributed by atoms with Gasteiger partial charge in [-0.05, 0) is 24.6 Å². The molecule has 0 aliphatic carbocycles. The number of halogens is 1. The number of hydrogen-bond donors (Lipinski definition) is 1. The number of anilines is 1. The van der Waals surface area contributed by atoms with E-state index in [4.69, 9.17) is 16.9 Å². The van der Waals surface area contributed by atoms with Crippen LogP contribution in [0.15, 0.2) is 26.9 Å². The molecule has 2 rings (SSSR count). The van der Waals surface area contributed by atoms with Crippen LogP contribution in [0.3, 0.4) is 0 Å². The van der Waals surface area contributed by atoms with Crippen molar-refractivity contribution in [2.24, 2.45) is 0 Å². The molecule has 0 aliphatic heterocycles. The normalized spacial score (nSPS) is 10.3. The first-order chi connectivity index (χ1) is 11.1. The van der Waals surface area contributed by atoms with E-state index in [1.165, 1.54) is 23.1 Å². The summed E-state index contributed by atoms with van der Waals surface area (Å²) in [4.78, 5) is 11.9. The first kappa shape index (κ1) is 18.1. The number of benzene rings is 1. The highest BCUT2D eigenvalue weighted by atomic mass is 35.5. The average Bonchev–Trinajstić information content (AvgIpc) is 2.99. The molecule has 9 heteroatoms. The maximum atomic E-state index is 11.9. The Morgan fingerprint density at radius 1 is 1.39 bits per heavy atom. The Bertz CT molecular complexity index is 729. The second kappa shape index (κ2) is 9.13. The van der Waals surface area contributed by atoms with Gasteiger partial charge in [0.05, 0.1) is 16.3 Å². The summed E-state index contributed by atoms with van der Waals surface area (Å²) in [6.07, 6.45) is 1.09. The van der Waals surface area contributed by atoms with Crippen molar-refractivity contribution in [3.05, 3.63) is 28.8 Å². The summed E-state index contributed by atoms with van der Waals surface area (Å²) in [6.45, 7) is 2.11. The van der Waals surface area contributed by atoms with Crippen LogP contribution in [0.2, 0.25) is 5.02 Å². The van der Waals surface area contributed by atoms with Crippen molar-refractivity contribution in [2.45, 2.75) is 22.0 Å². The molecule has 0 saturated carbocycles. The molecule has 5 nitrogen and oxygen atoms in total. The minimum Gasteiger partial charge on any atom is -0.325 e. The van der Waals surface area contributed by atoms with Crippen molar-refractivity contribution in [1.29, 1.82) is 5.26 Å². The molecule has 1 amide bonds. The van der Waals surface area contributed by atoms with E-state index in [9.17, 15) is 4.79 Å². The van der Waals surface area contributed by atoms with Gasteiger partial charge in [0.2, 0.25) is 5.91 Å². The van der Waals surface area contributed by atoms with E-state index in [0.717, 1.165) is 20.9 Å². The second-order valence-corrected chi connectivity index (χ2v) is 8.27. The highest BCUT2D eigenvalue weighted by molar-refractivity contribution is 8.03. The molecule has 0 atom stereocenters. The quantitative estimate of drug-likeness (QED) is 0.717. The monoisotopic (exact) mass is 384 g/mol. The predicted molar refractivity (Wildman–Crippen MR) is 96.4 cm³/mol. The third kappa shape index (κ3) is 5.70. The van der Waals surface area contributed by atoms with Gasteiger partial charge in [-0.1, -0.05) is 53.4 Å². The van der Waals surface area contributed by atoms with Gasteiger partial charge >= 0.3 is 0 Å². The number of carbonyl (C=O) groups excluding carboxylic acids is 1. The third-order valence-electron chi connectivity index (χ3n) is 2.52. The Labute approximate surface area is 151 Å². The number of nitrogens with zero attached hydrogens (tertiary/aromatic N) is 3. The van der Waals surface area contributed by atoms with Gasteiger partial charge in [-0.15, -0.1) is 10.2 Å². The molecule has 0 fully saturated rings. The number of aromatic nitrogens is 2. The van der Waals surface area contributed by atoms with Gasteiger partial charge < -0.3 is 5.32 Å². The van der Waals surface area contributed by atoms with Crippen LogP contribution in [0.5, 0.6) is 0 Å². The van der Waals surface area contributed by atoms with Gasteiger partial charge in [0.1, 0.15) is 6.07 Å². The highest BCUT2D eigenvalue weighted by Gasteiger charge is 2.09. The van der Waals surface area contributed by atoms with Crippen LogP contribution in [-0.4, -0.2) is 27.6 Å². The third-order valence-corrected chi connectivity index (χ3v) is 6.23. The number of thioether (sulfide) groups is 2. The summed E-state index contributed by atoms with van der Waals surface area (Å²) in [6, 6.07) is 6.76. The lowest BCUT2D eigenvalue weighted by atomic mass is 10.2. The van der Waals surface area contributed by atoms with E-state index >= 15 is 0 Å². The Balaban J connectivity index is 1.84. The van der Waals surface area contributed by atoms with Crippen molar-refractivity contribution in [1.82, 2.24) is 10.2 Å². The number of nitrogens with one attached hydrogen (secondary N) is 1. The van der Waals surface area contributed by atoms with Gasteiger partial charge in [-0.3, -0.25) is 4.79 Å². The predicted octanol–water partition coefficient (Wildman–Crippen LogP) is 4.30. The minimum atomic E-state index is -0.159. The SMILES string of the molecule is CCCSc1nnc(SCC(=O)Nc2ccc(C#N)c(Cl)c2)s1. The lowest BCUT2D eigenvalue weighted by Gasteiger charge is -2.05. The Morgan fingerprint density at radius 2 is 2.13 bits per heavy atom. The first-order valence-electron chi connectivity index (χ1n) is 6.71. The Morgan fingerprint density at radius 3 is 2.78 bits per heavy atom. The topological polar surface area (TPSA) is 78.7 Å². The number of rotatable bonds is 7. The molecule has 0 spiro atoms. The molecular formula is C14H13ClN4OS3. The van der Waals surface area contributed by atoms with Crippen molar-refractivity contribution in [3.63, 3.8) is 0 Å². The second-order valence-electron chi connectivity index (χ2n) is 4.33. The molecule has 1 aromatic carbocycles. The van der Waals surface area contributed by atoms with Crippen LogP contribution in [0, 0.1) is 11.3 Å². The van der Waals surface area contributed by atoms with E-state index in [0.29, 0.717) is 16.3 Å². The lowest BCUT2D eigenvalue weighted by Crippen LogP contribution is -2.13. The van der Waals surface area contributed by atoms with Gasteiger partial charge in [-0.2, -0.15) is 5.26 Å². The molecule has 0 saturated heterocycles. The Kier molecular flexibility index (Phi) is 7.17. The van der Waals surface area contributed by atoms with Crippen LogP contribution in [0.1, 0.15) is 18.9 Å². The molecule has 23 heavy (non-hydrogen) atoms. The van der Waals surface area contributed by atoms with Crippen LogP contribution in [0.25, 0.3) is 0 Å². The van der Waals surface area contributed by atoms with Crippen molar-refractivity contribution in [2.75, 3.05) is 16.8 Å². The number of nitriles is 1. The van der Waals surface area contributed by atoms with Crippen molar-refractivity contribution < 1.29 is 4.79 Å². The van der Waals surface area contributed by atoms with E-state index in [2.05, 4.69) is 22.4 Å². The summed E-state index contributed by atoms with van der Waals surface area (Å²) in [5, 5.41) is 20.0. The zero-order chi connectivity index (χ0) is 16.7. The molecule has 2 aromatic rings. The summed E-state index contributed by atoms with van der Waals surface area (Å²) in [5.74, 6) is 1.10. The molecule has 1 aromatic heterocycles. The zero-order valence-electron chi connectivity index (χ0n) is 12.2. The standard InChI is InChI=1S/C14H13ClN4OS3/c1-2-5-21-13-18-19-14(23-13)22-8-12(20)17-10-4-3-9(7-16)11(15)6-10/h3-4,6H,2,5,8H2,1H3,(H,17,20). The van der Waals surface area contributed by atoms with E-state index < -0.39 is 0 Å². The molecule has 1 heterocycles. The molecule has 0 bridgehead atoms. The maximum absolute atomic E-state index is 11.9. The fourth-order valence-corrected chi connectivity index (χ4v) is 4.48. The largest absolute Gasteiger partial charge is 0.325 e. The highest BCUT2D eigenvalue weighted by Crippen LogP contribution is 2.29. The minimum absolute atomic E-state index is 0.159. The van der Waals surface area contributed by atoms with Gasteiger partial charge in [0, 0.05) is 11.4 Å². The van der Waals surface area contributed by atoms with Crippen molar-refractivity contribution >= 4 is 58.1 Å². The van der Waals surface area contributed by atoms with Gasteiger partial charge in [0.25, 0.3) is 0 Å². The smallest absolute Gasteiger partial charge is 0.234 e. The molecule has 1 N–H and O–H groups in total. The lowest BCUT2D eigenvalue weighted by molar-refractivity contribution is -0.113. The molecule has 0 unspecified atom stereocenters. The van der Waals surface area contributed by atoms with Crippen molar-refractivity contribution in [3.8, 4) is 6.07 Å². The van der Waals surface area contributed by atoms with Crippen LogP contribution >= 0.6 is 46.5 Å². The van der Waals surface area contributed by atoms with Gasteiger partial charge in [-0.25, -0.2) is 0 Å². The number of amides is 1. The summed E-state index contributed by atoms with van der Waals surface area (Å²) in [7, 11) is 0. The Hall–Kier alpha value is -1.27. The van der Waals surface area contributed by atoms with Crippen LogP contribution in [-0.2, 0) is 4.79 Å².